The average Bonchev–Trinajstić information content (AvgIpc) is 2.61. The molecule has 2 aromatic rings. The summed E-state index contributed by atoms with van der Waals surface area (Å²) in [7, 11) is 0. The molecule has 0 aromatic carbocycles. The third kappa shape index (κ3) is 5.71. The first kappa shape index (κ1) is 26.3. The van der Waals surface area contributed by atoms with Gasteiger partial charge in [-0.15, -0.1) is 0 Å². The van der Waals surface area contributed by atoms with Crippen molar-refractivity contribution >= 4 is 0 Å². The minimum Gasteiger partial charge on any atom is -0.257 e. The molecule has 0 spiro atoms. The predicted octanol–water partition coefficient (Wildman–Crippen LogP) is 8.51. The molecule has 2 aromatic heterocycles. The minimum absolute atomic E-state index is 0.516. The fraction of sp³-hybridized carbons (Fsp3) is 0.643. The van der Waals surface area contributed by atoms with Crippen molar-refractivity contribution in [1.82, 2.24) is 9.97 Å². The summed E-state index contributed by atoms with van der Waals surface area (Å²) in [6.07, 6.45) is 0. The van der Waals surface area contributed by atoms with E-state index in [2.05, 4.69) is 96.9 Å². The molecule has 0 saturated heterocycles. The average molecular weight is 411 g/mol. The van der Waals surface area contributed by atoms with Crippen molar-refractivity contribution in [1.29, 1.82) is 0 Å². The second-order valence-corrected chi connectivity index (χ2v) is 10.1. The number of hydrogen-bond acceptors (Lipinski definition) is 2. The maximum atomic E-state index is 4.71. The van der Waals surface area contributed by atoms with Gasteiger partial charge in [-0.1, -0.05) is 55.4 Å². The molecule has 0 unspecified atom stereocenters. The van der Waals surface area contributed by atoms with Crippen molar-refractivity contribution in [3.63, 3.8) is 0 Å². The van der Waals surface area contributed by atoms with Crippen LogP contribution in [-0.2, 0) is 0 Å². The van der Waals surface area contributed by atoms with Crippen molar-refractivity contribution in [3.05, 3.63) is 56.2 Å². The van der Waals surface area contributed by atoms with E-state index in [0.29, 0.717) is 23.7 Å². The molecule has 0 fully saturated rings. The Hall–Kier alpha value is -1.70. The van der Waals surface area contributed by atoms with Gasteiger partial charge in [-0.2, -0.15) is 0 Å². The number of pyridine rings is 2. The monoisotopic (exact) mass is 410 g/mol. The van der Waals surface area contributed by atoms with Gasteiger partial charge in [0.05, 0.1) is 0 Å². The lowest BCUT2D eigenvalue weighted by atomic mass is 9.89. The Kier molecular flexibility index (Phi) is 9.26. The Labute approximate surface area is 187 Å². The van der Waals surface area contributed by atoms with Gasteiger partial charge < -0.3 is 0 Å². The number of aromatic nitrogens is 2. The van der Waals surface area contributed by atoms with Gasteiger partial charge in [0.15, 0.2) is 0 Å². The van der Waals surface area contributed by atoms with Crippen LogP contribution in [0, 0.1) is 41.5 Å². The third-order valence-electron chi connectivity index (χ3n) is 6.29. The molecule has 168 valence electrons. The Bertz CT molecular complexity index is 798. The molecule has 0 N–H and O–H groups in total. The molecule has 0 aliphatic carbocycles. The summed E-state index contributed by atoms with van der Waals surface area (Å²) in [5.41, 5.74) is 13.4. The standard InChI is InChI=1S/2C14H23N/c2*1-8(2)13-10(5)12(7)15-14(9(3)4)11(13)6/h2*8-9H,1-7H3. The van der Waals surface area contributed by atoms with E-state index in [4.69, 9.17) is 9.97 Å². The summed E-state index contributed by atoms with van der Waals surface area (Å²) in [5.74, 6) is 2.21. The maximum Gasteiger partial charge on any atom is 0.0464 e. The highest BCUT2D eigenvalue weighted by Crippen LogP contribution is 2.30. The molecular weight excluding hydrogens is 364 g/mol. The normalized spacial score (nSPS) is 11.5. The van der Waals surface area contributed by atoms with E-state index in [0.717, 1.165) is 0 Å². The molecule has 2 heteroatoms. The van der Waals surface area contributed by atoms with Gasteiger partial charge in [0.25, 0.3) is 0 Å². The third-order valence-corrected chi connectivity index (χ3v) is 6.29. The lowest BCUT2D eigenvalue weighted by Gasteiger charge is -2.20. The van der Waals surface area contributed by atoms with Gasteiger partial charge in [0, 0.05) is 22.8 Å². The van der Waals surface area contributed by atoms with E-state index < -0.39 is 0 Å². The lowest BCUT2D eigenvalue weighted by Crippen LogP contribution is -2.07. The van der Waals surface area contributed by atoms with Gasteiger partial charge in [-0.25, -0.2) is 0 Å². The molecule has 0 aliphatic rings. The van der Waals surface area contributed by atoms with Crippen LogP contribution >= 0.6 is 0 Å². The predicted molar refractivity (Wildman–Crippen MR) is 133 cm³/mol. The molecule has 0 aliphatic heterocycles. The van der Waals surface area contributed by atoms with Crippen LogP contribution in [0.3, 0.4) is 0 Å². The van der Waals surface area contributed by atoms with E-state index in [-0.39, 0.29) is 0 Å². The van der Waals surface area contributed by atoms with Crippen LogP contribution in [0.5, 0.6) is 0 Å². The second kappa shape index (κ2) is 10.6. The van der Waals surface area contributed by atoms with Crippen LogP contribution in [0.4, 0.5) is 0 Å². The molecule has 0 saturated carbocycles. The lowest BCUT2D eigenvalue weighted by molar-refractivity contribution is 0.767. The van der Waals surface area contributed by atoms with Gasteiger partial charge in [0.2, 0.25) is 0 Å². The summed E-state index contributed by atoms with van der Waals surface area (Å²) >= 11 is 0. The fourth-order valence-electron chi connectivity index (χ4n) is 4.78. The van der Waals surface area contributed by atoms with E-state index >= 15 is 0 Å². The first-order valence-corrected chi connectivity index (χ1v) is 11.7. The SMILES string of the molecule is Cc1nc(C(C)C)c(C)c(C(C)C)c1C.Cc1nc(C(C)C)c(C)c(C(C)C)c1C. The van der Waals surface area contributed by atoms with Crippen molar-refractivity contribution in [2.75, 3.05) is 0 Å². The number of rotatable bonds is 4. The Balaban J connectivity index is 0.000000300. The second-order valence-electron chi connectivity index (χ2n) is 10.1. The van der Waals surface area contributed by atoms with E-state index in [1.807, 2.05) is 0 Å². The number of aryl methyl sites for hydroxylation is 2. The Morgan fingerprint density at radius 3 is 0.867 bits per heavy atom. The molecule has 30 heavy (non-hydrogen) atoms. The van der Waals surface area contributed by atoms with Crippen molar-refractivity contribution in [2.45, 2.75) is 121 Å². The highest BCUT2D eigenvalue weighted by molar-refractivity contribution is 5.42. The smallest absolute Gasteiger partial charge is 0.0464 e. The summed E-state index contributed by atoms with van der Waals surface area (Å²) in [6.45, 7) is 31.0. The van der Waals surface area contributed by atoms with E-state index in [1.165, 1.54) is 56.2 Å². The molecule has 0 amide bonds. The summed E-state index contributed by atoms with van der Waals surface area (Å²) in [6, 6.07) is 0. The zero-order valence-corrected chi connectivity index (χ0v) is 22.2. The molecule has 0 radical (unpaired) electrons. The molecule has 2 nitrogen and oxygen atoms in total. The molecule has 0 atom stereocenters. The van der Waals surface area contributed by atoms with Crippen LogP contribution in [0.25, 0.3) is 0 Å². The molecule has 0 bridgehead atoms. The quantitative estimate of drug-likeness (QED) is 0.505. The zero-order chi connectivity index (χ0) is 23.5. The number of hydrogen-bond donors (Lipinski definition) is 0. The van der Waals surface area contributed by atoms with Crippen LogP contribution in [0.15, 0.2) is 0 Å². The van der Waals surface area contributed by atoms with Crippen LogP contribution < -0.4 is 0 Å². The fourth-order valence-corrected chi connectivity index (χ4v) is 4.78. The Morgan fingerprint density at radius 2 is 0.667 bits per heavy atom. The highest BCUT2D eigenvalue weighted by Gasteiger charge is 2.17. The summed E-state index contributed by atoms with van der Waals surface area (Å²) in [4.78, 5) is 9.43. The molecular formula is C28H46N2. The summed E-state index contributed by atoms with van der Waals surface area (Å²) in [5, 5.41) is 0. The van der Waals surface area contributed by atoms with Crippen molar-refractivity contribution in [3.8, 4) is 0 Å². The minimum atomic E-state index is 0.516. The first-order chi connectivity index (χ1) is 13.7. The van der Waals surface area contributed by atoms with Gasteiger partial charge >= 0.3 is 0 Å². The highest BCUT2D eigenvalue weighted by atomic mass is 14.7. The van der Waals surface area contributed by atoms with Crippen LogP contribution in [0.2, 0.25) is 0 Å². The number of nitrogens with zero attached hydrogens (tertiary/aromatic N) is 2. The zero-order valence-electron chi connectivity index (χ0n) is 22.2. The topological polar surface area (TPSA) is 25.8 Å². The Morgan fingerprint density at radius 1 is 0.400 bits per heavy atom. The molecule has 2 heterocycles. The summed E-state index contributed by atoms with van der Waals surface area (Å²) < 4.78 is 0. The molecule has 2 rings (SSSR count). The van der Waals surface area contributed by atoms with Crippen molar-refractivity contribution < 1.29 is 0 Å². The van der Waals surface area contributed by atoms with E-state index in [1.54, 1.807) is 0 Å². The van der Waals surface area contributed by atoms with Crippen LogP contribution in [0.1, 0.15) is 135 Å². The van der Waals surface area contributed by atoms with Gasteiger partial charge in [-0.05, 0) is 98.6 Å². The largest absolute Gasteiger partial charge is 0.257 e. The first-order valence-electron chi connectivity index (χ1n) is 11.7. The van der Waals surface area contributed by atoms with E-state index in [9.17, 15) is 0 Å². The van der Waals surface area contributed by atoms with Gasteiger partial charge in [-0.3, -0.25) is 9.97 Å². The maximum absolute atomic E-state index is 4.71. The van der Waals surface area contributed by atoms with Crippen LogP contribution in [-0.4, -0.2) is 9.97 Å². The van der Waals surface area contributed by atoms with Crippen molar-refractivity contribution in [2.24, 2.45) is 0 Å². The van der Waals surface area contributed by atoms with Gasteiger partial charge in [0.1, 0.15) is 0 Å².